The van der Waals surface area contributed by atoms with E-state index in [0.717, 1.165) is 16.8 Å². The number of fused-ring (bicyclic) bond motifs is 1. The Morgan fingerprint density at radius 2 is 1.38 bits per heavy atom. The molecule has 0 aliphatic heterocycles. The molecule has 24 heavy (non-hydrogen) atoms. The SMILES string of the molecule is Cc1ccc(-c2nc3ccccc3c(-c3ccccc3)c2I)cc1. The molecule has 0 radical (unpaired) electrons. The molecule has 4 rings (SSSR count). The third-order valence-corrected chi connectivity index (χ3v) is 5.27. The monoisotopic (exact) mass is 421 g/mol. The molecule has 0 saturated heterocycles. The zero-order chi connectivity index (χ0) is 16.5. The Balaban J connectivity index is 2.06. The molecule has 0 saturated carbocycles. The van der Waals surface area contributed by atoms with Crippen molar-refractivity contribution in [3.8, 4) is 22.4 Å². The summed E-state index contributed by atoms with van der Waals surface area (Å²) in [5.74, 6) is 0. The highest BCUT2D eigenvalue weighted by atomic mass is 127. The summed E-state index contributed by atoms with van der Waals surface area (Å²) < 4.78 is 1.20. The molecule has 0 aliphatic carbocycles. The lowest BCUT2D eigenvalue weighted by atomic mass is 9.98. The van der Waals surface area contributed by atoms with Crippen molar-refractivity contribution in [1.82, 2.24) is 4.98 Å². The maximum Gasteiger partial charge on any atom is 0.0849 e. The second kappa shape index (κ2) is 6.36. The molecular weight excluding hydrogens is 405 g/mol. The van der Waals surface area contributed by atoms with Crippen molar-refractivity contribution in [1.29, 1.82) is 0 Å². The van der Waals surface area contributed by atoms with Crippen LogP contribution in [-0.2, 0) is 0 Å². The molecule has 1 heterocycles. The minimum atomic E-state index is 1.03. The molecule has 4 aromatic rings. The number of hydrogen-bond acceptors (Lipinski definition) is 1. The van der Waals surface area contributed by atoms with E-state index in [2.05, 4.69) is 108 Å². The maximum atomic E-state index is 4.95. The van der Waals surface area contributed by atoms with Gasteiger partial charge in [-0.1, -0.05) is 78.4 Å². The molecule has 116 valence electrons. The number of aromatic nitrogens is 1. The Labute approximate surface area is 155 Å². The predicted molar refractivity (Wildman–Crippen MR) is 110 cm³/mol. The van der Waals surface area contributed by atoms with E-state index in [-0.39, 0.29) is 0 Å². The van der Waals surface area contributed by atoms with Gasteiger partial charge in [0.05, 0.1) is 11.2 Å². The van der Waals surface area contributed by atoms with E-state index in [9.17, 15) is 0 Å². The van der Waals surface area contributed by atoms with Gasteiger partial charge in [-0.3, -0.25) is 0 Å². The first kappa shape index (κ1) is 15.3. The number of nitrogens with zero attached hydrogens (tertiary/aromatic N) is 1. The Morgan fingerprint density at radius 3 is 2.12 bits per heavy atom. The van der Waals surface area contributed by atoms with Crippen LogP contribution in [0.1, 0.15) is 5.56 Å². The van der Waals surface area contributed by atoms with E-state index in [1.165, 1.54) is 25.6 Å². The van der Waals surface area contributed by atoms with Gasteiger partial charge in [-0.15, -0.1) is 0 Å². The van der Waals surface area contributed by atoms with Crippen LogP contribution in [0.15, 0.2) is 78.9 Å². The van der Waals surface area contributed by atoms with Gasteiger partial charge in [-0.2, -0.15) is 0 Å². The largest absolute Gasteiger partial charge is 0.247 e. The number of aryl methyl sites for hydroxylation is 1. The smallest absolute Gasteiger partial charge is 0.0849 e. The van der Waals surface area contributed by atoms with Crippen LogP contribution in [0, 0.1) is 10.5 Å². The summed E-state index contributed by atoms with van der Waals surface area (Å²) in [5, 5.41) is 1.20. The number of pyridine rings is 1. The van der Waals surface area contributed by atoms with Gasteiger partial charge >= 0.3 is 0 Å². The predicted octanol–water partition coefficient (Wildman–Crippen LogP) is 6.48. The minimum absolute atomic E-state index is 1.03. The first-order valence-corrected chi connectivity index (χ1v) is 9.02. The minimum Gasteiger partial charge on any atom is -0.247 e. The van der Waals surface area contributed by atoms with Gasteiger partial charge in [0.15, 0.2) is 0 Å². The molecule has 1 nitrogen and oxygen atoms in total. The summed E-state index contributed by atoms with van der Waals surface area (Å²) in [6.07, 6.45) is 0. The van der Waals surface area contributed by atoms with Crippen molar-refractivity contribution in [2.24, 2.45) is 0 Å². The average Bonchev–Trinajstić information content (AvgIpc) is 2.63. The highest BCUT2D eigenvalue weighted by Gasteiger charge is 2.15. The molecule has 0 fully saturated rings. The van der Waals surface area contributed by atoms with Gasteiger partial charge in [-0.25, -0.2) is 4.98 Å². The summed E-state index contributed by atoms with van der Waals surface area (Å²) in [4.78, 5) is 4.95. The number of hydrogen-bond donors (Lipinski definition) is 0. The van der Waals surface area contributed by atoms with Crippen molar-refractivity contribution in [3.05, 3.63) is 88.0 Å². The van der Waals surface area contributed by atoms with Gasteiger partial charge in [0.2, 0.25) is 0 Å². The van der Waals surface area contributed by atoms with Crippen LogP contribution in [0.2, 0.25) is 0 Å². The van der Waals surface area contributed by atoms with Gasteiger partial charge < -0.3 is 0 Å². The fraction of sp³-hybridized carbons (Fsp3) is 0.0455. The van der Waals surface area contributed by atoms with Crippen molar-refractivity contribution >= 4 is 33.5 Å². The average molecular weight is 421 g/mol. The molecule has 0 aliphatic rings. The van der Waals surface area contributed by atoms with Crippen LogP contribution in [0.4, 0.5) is 0 Å². The first-order valence-electron chi connectivity index (χ1n) is 7.95. The summed E-state index contributed by atoms with van der Waals surface area (Å²) in [7, 11) is 0. The van der Waals surface area contributed by atoms with Crippen LogP contribution in [0.5, 0.6) is 0 Å². The lowest BCUT2D eigenvalue weighted by Crippen LogP contribution is -1.95. The Kier molecular flexibility index (Phi) is 4.07. The maximum absolute atomic E-state index is 4.95. The van der Waals surface area contributed by atoms with Crippen LogP contribution >= 0.6 is 22.6 Å². The Bertz CT molecular complexity index is 1010. The third-order valence-electron chi connectivity index (χ3n) is 4.22. The topological polar surface area (TPSA) is 12.9 Å². The van der Waals surface area contributed by atoms with E-state index in [1.807, 2.05) is 0 Å². The first-order chi connectivity index (χ1) is 11.7. The molecule has 0 N–H and O–H groups in total. The number of rotatable bonds is 2. The standard InChI is InChI=1S/C22H16IN/c1-15-11-13-17(14-12-15)22-21(23)20(16-7-3-2-4-8-16)18-9-5-6-10-19(18)24-22/h2-14H,1H3. The summed E-state index contributed by atoms with van der Waals surface area (Å²) in [6.45, 7) is 2.11. The highest BCUT2D eigenvalue weighted by molar-refractivity contribution is 14.1. The van der Waals surface area contributed by atoms with Gasteiger partial charge in [0.1, 0.15) is 0 Å². The molecule has 0 atom stereocenters. The van der Waals surface area contributed by atoms with Crippen molar-refractivity contribution in [3.63, 3.8) is 0 Å². The fourth-order valence-corrected chi connectivity index (χ4v) is 4.01. The molecule has 1 aromatic heterocycles. The molecule has 0 bridgehead atoms. The number of benzene rings is 3. The molecule has 0 spiro atoms. The van der Waals surface area contributed by atoms with Crippen LogP contribution in [-0.4, -0.2) is 4.98 Å². The van der Waals surface area contributed by atoms with Crippen LogP contribution < -0.4 is 0 Å². The van der Waals surface area contributed by atoms with Gasteiger partial charge in [-0.05, 0) is 41.1 Å². The molecule has 3 aromatic carbocycles. The zero-order valence-electron chi connectivity index (χ0n) is 13.3. The van der Waals surface area contributed by atoms with E-state index >= 15 is 0 Å². The summed E-state index contributed by atoms with van der Waals surface area (Å²) in [6, 6.07) is 27.6. The van der Waals surface area contributed by atoms with Crippen molar-refractivity contribution in [2.75, 3.05) is 0 Å². The summed E-state index contributed by atoms with van der Waals surface area (Å²) >= 11 is 2.44. The van der Waals surface area contributed by atoms with E-state index in [0.29, 0.717) is 0 Å². The molecular formula is C22H16IN. The second-order valence-electron chi connectivity index (χ2n) is 5.90. The van der Waals surface area contributed by atoms with Crippen molar-refractivity contribution < 1.29 is 0 Å². The molecule has 0 unspecified atom stereocenters. The molecule has 2 heteroatoms. The third kappa shape index (κ3) is 2.71. The van der Waals surface area contributed by atoms with Gasteiger partial charge in [0.25, 0.3) is 0 Å². The second-order valence-corrected chi connectivity index (χ2v) is 6.98. The van der Waals surface area contributed by atoms with Crippen LogP contribution in [0.25, 0.3) is 33.3 Å². The quantitative estimate of drug-likeness (QED) is 0.338. The van der Waals surface area contributed by atoms with E-state index < -0.39 is 0 Å². The number of halogens is 1. The highest BCUT2D eigenvalue weighted by Crippen LogP contribution is 2.37. The van der Waals surface area contributed by atoms with Crippen LogP contribution in [0.3, 0.4) is 0 Å². The van der Waals surface area contributed by atoms with E-state index in [4.69, 9.17) is 4.98 Å². The Hall–Kier alpha value is -2.20. The zero-order valence-corrected chi connectivity index (χ0v) is 15.5. The van der Waals surface area contributed by atoms with Crippen molar-refractivity contribution in [2.45, 2.75) is 6.92 Å². The van der Waals surface area contributed by atoms with E-state index in [1.54, 1.807) is 0 Å². The van der Waals surface area contributed by atoms with Gasteiger partial charge in [0, 0.05) is 20.1 Å². The lowest BCUT2D eigenvalue weighted by molar-refractivity contribution is 1.36. The fourth-order valence-electron chi connectivity index (χ4n) is 2.98. The Morgan fingerprint density at radius 1 is 0.708 bits per heavy atom. The normalized spacial score (nSPS) is 10.9. The lowest BCUT2D eigenvalue weighted by Gasteiger charge is -2.14. The molecule has 0 amide bonds. The number of para-hydroxylation sites is 1. The summed E-state index contributed by atoms with van der Waals surface area (Å²) in [5.41, 5.74) is 7.00.